The summed E-state index contributed by atoms with van der Waals surface area (Å²) in [5.74, 6) is -0.901. The van der Waals surface area contributed by atoms with E-state index >= 15 is 0 Å². The summed E-state index contributed by atoms with van der Waals surface area (Å²) in [6.45, 7) is 0. The SMILES string of the molecule is COc1ccc(F)cc1C(=O)Nc1ccccc1O. The summed E-state index contributed by atoms with van der Waals surface area (Å²) >= 11 is 0. The lowest BCUT2D eigenvalue weighted by molar-refractivity contribution is 0.102. The summed E-state index contributed by atoms with van der Waals surface area (Å²) in [5, 5.41) is 12.1. The maximum Gasteiger partial charge on any atom is 0.259 e. The third-order valence-electron chi connectivity index (χ3n) is 2.56. The molecule has 0 atom stereocenters. The molecule has 5 heteroatoms. The van der Waals surface area contributed by atoms with Crippen molar-refractivity contribution < 1.29 is 19.0 Å². The molecule has 0 saturated carbocycles. The second-order valence-corrected chi connectivity index (χ2v) is 3.82. The zero-order valence-electron chi connectivity index (χ0n) is 10.2. The first kappa shape index (κ1) is 12.9. The zero-order chi connectivity index (χ0) is 13.8. The monoisotopic (exact) mass is 261 g/mol. The average molecular weight is 261 g/mol. The van der Waals surface area contributed by atoms with E-state index in [0.29, 0.717) is 0 Å². The summed E-state index contributed by atoms with van der Waals surface area (Å²) in [4.78, 5) is 12.0. The molecule has 0 aliphatic rings. The van der Waals surface area contributed by atoms with Gasteiger partial charge in [0.25, 0.3) is 5.91 Å². The van der Waals surface area contributed by atoms with Crippen LogP contribution in [0.3, 0.4) is 0 Å². The number of methoxy groups -OCH3 is 1. The number of rotatable bonds is 3. The number of ether oxygens (including phenoxy) is 1. The van der Waals surface area contributed by atoms with Crippen LogP contribution in [0.5, 0.6) is 11.5 Å². The van der Waals surface area contributed by atoms with Crippen LogP contribution in [0.2, 0.25) is 0 Å². The van der Waals surface area contributed by atoms with Crippen molar-refractivity contribution >= 4 is 11.6 Å². The number of para-hydroxylation sites is 2. The molecule has 2 aromatic carbocycles. The topological polar surface area (TPSA) is 58.6 Å². The predicted octanol–water partition coefficient (Wildman–Crippen LogP) is 2.79. The average Bonchev–Trinajstić information content (AvgIpc) is 2.41. The van der Waals surface area contributed by atoms with E-state index in [4.69, 9.17) is 4.74 Å². The number of carbonyl (C=O) groups excluding carboxylic acids is 1. The van der Waals surface area contributed by atoms with Gasteiger partial charge in [-0.3, -0.25) is 4.79 Å². The van der Waals surface area contributed by atoms with E-state index in [2.05, 4.69) is 5.32 Å². The third-order valence-corrected chi connectivity index (χ3v) is 2.56. The smallest absolute Gasteiger partial charge is 0.259 e. The van der Waals surface area contributed by atoms with E-state index < -0.39 is 11.7 Å². The number of hydrogen-bond donors (Lipinski definition) is 2. The lowest BCUT2D eigenvalue weighted by Gasteiger charge is -2.10. The summed E-state index contributed by atoms with van der Waals surface area (Å²) in [5.41, 5.74) is 0.310. The second kappa shape index (κ2) is 5.39. The van der Waals surface area contributed by atoms with Crippen LogP contribution in [-0.4, -0.2) is 18.1 Å². The van der Waals surface area contributed by atoms with E-state index in [1.807, 2.05) is 0 Å². The van der Waals surface area contributed by atoms with Crippen LogP contribution >= 0.6 is 0 Å². The summed E-state index contributed by atoms with van der Waals surface area (Å²) < 4.78 is 18.2. The van der Waals surface area contributed by atoms with Crippen LogP contribution in [0, 0.1) is 5.82 Å². The van der Waals surface area contributed by atoms with Gasteiger partial charge in [-0.05, 0) is 30.3 Å². The number of phenols is 1. The number of amides is 1. The van der Waals surface area contributed by atoms with Gasteiger partial charge in [-0.15, -0.1) is 0 Å². The van der Waals surface area contributed by atoms with Gasteiger partial charge in [0.1, 0.15) is 17.3 Å². The molecule has 2 rings (SSSR count). The first-order valence-corrected chi connectivity index (χ1v) is 5.54. The molecule has 0 fully saturated rings. The summed E-state index contributed by atoms with van der Waals surface area (Å²) in [7, 11) is 1.39. The highest BCUT2D eigenvalue weighted by molar-refractivity contribution is 6.06. The number of anilines is 1. The van der Waals surface area contributed by atoms with Crippen LogP contribution in [0.4, 0.5) is 10.1 Å². The molecule has 19 heavy (non-hydrogen) atoms. The molecule has 0 aliphatic carbocycles. The number of carbonyl (C=O) groups is 1. The van der Waals surface area contributed by atoms with E-state index in [0.717, 1.165) is 6.07 Å². The molecule has 0 spiro atoms. The number of aromatic hydroxyl groups is 1. The summed E-state index contributed by atoms with van der Waals surface area (Å²) in [6, 6.07) is 9.93. The molecule has 0 heterocycles. The minimum Gasteiger partial charge on any atom is -0.506 e. The first-order chi connectivity index (χ1) is 9.11. The fourth-order valence-corrected chi connectivity index (χ4v) is 1.63. The van der Waals surface area contributed by atoms with Crippen molar-refractivity contribution in [1.29, 1.82) is 0 Å². The number of halogens is 1. The van der Waals surface area contributed by atoms with Crippen molar-refractivity contribution in [2.24, 2.45) is 0 Å². The van der Waals surface area contributed by atoms with Gasteiger partial charge in [-0.2, -0.15) is 0 Å². The first-order valence-electron chi connectivity index (χ1n) is 5.54. The van der Waals surface area contributed by atoms with Crippen LogP contribution in [0.1, 0.15) is 10.4 Å². The molecule has 0 aliphatic heterocycles. The van der Waals surface area contributed by atoms with Crippen molar-refractivity contribution in [2.45, 2.75) is 0 Å². The number of nitrogens with one attached hydrogen (secondary N) is 1. The quantitative estimate of drug-likeness (QED) is 0.835. The van der Waals surface area contributed by atoms with E-state index in [1.165, 1.54) is 25.3 Å². The van der Waals surface area contributed by atoms with Gasteiger partial charge in [-0.1, -0.05) is 12.1 Å². The lowest BCUT2D eigenvalue weighted by Crippen LogP contribution is -2.13. The molecule has 1 amide bonds. The Labute approximate surface area is 109 Å². The molecule has 98 valence electrons. The molecule has 0 saturated heterocycles. The fourth-order valence-electron chi connectivity index (χ4n) is 1.63. The Morgan fingerprint density at radius 3 is 2.68 bits per heavy atom. The van der Waals surface area contributed by atoms with E-state index in [-0.39, 0.29) is 22.7 Å². The minimum absolute atomic E-state index is 0.0609. The highest BCUT2D eigenvalue weighted by Gasteiger charge is 2.14. The van der Waals surface area contributed by atoms with Crippen LogP contribution in [0.15, 0.2) is 42.5 Å². The lowest BCUT2D eigenvalue weighted by atomic mass is 10.1. The molecule has 0 aromatic heterocycles. The molecule has 0 unspecified atom stereocenters. The standard InChI is InChI=1S/C14H12FNO3/c1-19-13-7-6-9(15)8-10(13)14(18)16-11-4-2-3-5-12(11)17/h2-8,17H,1H3,(H,16,18). The number of hydrogen-bond acceptors (Lipinski definition) is 3. The molecule has 2 aromatic rings. The van der Waals surface area contributed by atoms with Crippen molar-refractivity contribution in [3.63, 3.8) is 0 Å². The van der Waals surface area contributed by atoms with E-state index in [9.17, 15) is 14.3 Å². The number of benzene rings is 2. The Bertz CT molecular complexity index is 613. The van der Waals surface area contributed by atoms with Gasteiger partial charge in [-0.25, -0.2) is 4.39 Å². The zero-order valence-corrected chi connectivity index (χ0v) is 10.2. The molecule has 4 nitrogen and oxygen atoms in total. The van der Waals surface area contributed by atoms with Crippen LogP contribution < -0.4 is 10.1 Å². The Morgan fingerprint density at radius 1 is 1.26 bits per heavy atom. The molecule has 2 N–H and O–H groups in total. The van der Waals surface area contributed by atoms with Crippen molar-refractivity contribution in [3.8, 4) is 11.5 Å². The van der Waals surface area contributed by atoms with Gasteiger partial charge in [0, 0.05) is 0 Å². The van der Waals surface area contributed by atoms with Crippen LogP contribution in [-0.2, 0) is 0 Å². The van der Waals surface area contributed by atoms with E-state index in [1.54, 1.807) is 18.2 Å². The van der Waals surface area contributed by atoms with Gasteiger partial charge in [0.05, 0.1) is 18.4 Å². The Morgan fingerprint density at radius 2 is 2.00 bits per heavy atom. The Kier molecular flexibility index (Phi) is 3.66. The van der Waals surface area contributed by atoms with Gasteiger partial charge in [0.15, 0.2) is 0 Å². The number of phenolic OH excluding ortho intramolecular Hbond substituents is 1. The van der Waals surface area contributed by atoms with Crippen molar-refractivity contribution in [1.82, 2.24) is 0 Å². The van der Waals surface area contributed by atoms with Crippen molar-refractivity contribution in [2.75, 3.05) is 12.4 Å². The highest BCUT2D eigenvalue weighted by atomic mass is 19.1. The molecule has 0 radical (unpaired) electrons. The maximum absolute atomic E-state index is 13.2. The normalized spacial score (nSPS) is 10.0. The maximum atomic E-state index is 13.2. The van der Waals surface area contributed by atoms with Gasteiger partial charge < -0.3 is 15.2 Å². The fraction of sp³-hybridized carbons (Fsp3) is 0.0714. The van der Waals surface area contributed by atoms with Gasteiger partial charge in [0.2, 0.25) is 0 Å². The predicted molar refractivity (Wildman–Crippen MR) is 69.0 cm³/mol. The highest BCUT2D eigenvalue weighted by Crippen LogP contribution is 2.25. The second-order valence-electron chi connectivity index (χ2n) is 3.82. The third kappa shape index (κ3) is 2.82. The largest absolute Gasteiger partial charge is 0.506 e. The summed E-state index contributed by atoms with van der Waals surface area (Å²) in [6.07, 6.45) is 0. The Balaban J connectivity index is 2.30. The molecular weight excluding hydrogens is 249 g/mol. The molecular formula is C14H12FNO3. The minimum atomic E-state index is -0.558. The van der Waals surface area contributed by atoms with Crippen molar-refractivity contribution in [3.05, 3.63) is 53.8 Å². The molecule has 0 bridgehead atoms. The Hall–Kier alpha value is -2.56. The van der Waals surface area contributed by atoms with Gasteiger partial charge >= 0.3 is 0 Å². The van der Waals surface area contributed by atoms with Crippen LogP contribution in [0.25, 0.3) is 0 Å².